The summed E-state index contributed by atoms with van der Waals surface area (Å²) in [6, 6.07) is 0. The molecule has 0 amide bonds. The van der Waals surface area contributed by atoms with Gasteiger partial charge in [0, 0.05) is 12.1 Å². The second-order valence-electron chi connectivity index (χ2n) is 3.82. The summed E-state index contributed by atoms with van der Waals surface area (Å²) in [5.74, 6) is -5.07. The van der Waals surface area contributed by atoms with Gasteiger partial charge in [0.1, 0.15) is 0 Å². The Morgan fingerprint density at radius 3 is 1.94 bits per heavy atom. The Hall–Kier alpha value is -0.750. The highest BCUT2D eigenvalue weighted by atomic mass is 32.2. The number of halogens is 4. The summed E-state index contributed by atoms with van der Waals surface area (Å²) < 4.78 is 53.9. The number of unbranched alkanes of at least 4 members (excludes halogenated alkanes) is 2. The van der Waals surface area contributed by atoms with Gasteiger partial charge < -0.3 is 5.73 Å². The molecule has 0 aromatic heterocycles. The van der Waals surface area contributed by atoms with Gasteiger partial charge in [-0.3, -0.25) is 0 Å². The topological polar surface area (TPSA) is 26.0 Å². The third-order valence-corrected chi connectivity index (χ3v) is 3.65. The minimum absolute atomic E-state index is 0.419. The first-order chi connectivity index (χ1) is 8.54. The molecule has 18 heavy (non-hydrogen) atoms. The van der Waals surface area contributed by atoms with Crippen LogP contribution in [0.1, 0.15) is 31.7 Å². The average Bonchev–Trinajstić information content (AvgIpc) is 2.36. The van der Waals surface area contributed by atoms with Crippen molar-refractivity contribution >= 4 is 11.8 Å². The van der Waals surface area contributed by atoms with Crippen LogP contribution in [0.25, 0.3) is 0 Å². The number of hydrogen-bond acceptors (Lipinski definition) is 2. The van der Waals surface area contributed by atoms with Crippen molar-refractivity contribution in [3.8, 4) is 0 Å². The van der Waals surface area contributed by atoms with Crippen molar-refractivity contribution < 1.29 is 17.6 Å². The van der Waals surface area contributed by atoms with E-state index in [-0.39, 0.29) is 0 Å². The van der Waals surface area contributed by atoms with Crippen molar-refractivity contribution in [1.82, 2.24) is 0 Å². The summed E-state index contributed by atoms with van der Waals surface area (Å²) in [5, 5.41) is 0. The zero-order valence-corrected chi connectivity index (χ0v) is 10.8. The van der Waals surface area contributed by atoms with Crippen LogP contribution in [-0.2, 0) is 6.54 Å². The molecule has 1 aromatic rings. The van der Waals surface area contributed by atoms with E-state index in [0.29, 0.717) is 5.75 Å². The molecule has 0 unspecified atom stereocenters. The maximum atomic E-state index is 13.5. The first kappa shape index (κ1) is 15.3. The average molecular weight is 281 g/mol. The molecule has 1 aromatic carbocycles. The zero-order valence-electron chi connectivity index (χ0n) is 10.0. The summed E-state index contributed by atoms with van der Waals surface area (Å²) in [6.45, 7) is 1.41. The van der Waals surface area contributed by atoms with Gasteiger partial charge in [-0.05, 0) is 12.2 Å². The van der Waals surface area contributed by atoms with Crippen LogP contribution in [0, 0.1) is 23.3 Å². The fraction of sp³-hybridized carbons (Fsp3) is 0.500. The summed E-state index contributed by atoms with van der Waals surface area (Å²) in [4.78, 5) is -0.599. The first-order valence-electron chi connectivity index (χ1n) is 5.72. The number of thioether (sulfide) groups is 1. The van der Waals surface area contributed by atoms with Crippen LogP contribution in [-0.4, -0.2) is 5.75 Å². The minimum Gasteiger partial charge on any atom is -0.326 e. The molecule has 1 rings (SSSR count). The molecule has 0 fully saturated rings. The predicted octanol–water partition coefficient (Wildman–Crippen LogP) is 3.98. The quantitative estimate of drug-likeness (QED) is 0.369. The highest BCUT2D eigenvalue weighted by Crippen LogP contribution is 2.31. The third-order valence-electron chi connectivity index (χ3n) is 2.51. The lowest BCUT2D eigenvalue weighted by atomic mass is 10.2. The molecule has 0 radical (unpaired) electrons. The summed E-state index contributed by atoms with van der Waals surface area (Å²) in [7, 11) is 0. The lowest BCUT2D eigenvalue weighted by molar-refractivity contribution is 0.413. The SMILES string of the molecule is CCCCCSc1c(F)c(F)c(CN)c(F)c1F. The molecular formula is C12H15F4NS. The van der Waals surface area contributed by atoms with Crippen molar-refractivity contribution in [2.45, 2.75) is 37.6 Å². The lowest BCUT2D eigenvalue weighted by Gasteiger charge is -2.10. The van der Waals surface area contributed by atoms with E-state index in [9.17, 15) is 17.6 Å². The molecule has 6 heteroatoms. The lowest BCUT2D eigenvalue weighted by Crippen LogP contribution is -2.10. The van der Waals surface area contributed by atoms with Crippen LogP contribution in [0.4, 0.5) is 17.6 Å². The maximum absolute atomic E-state index is 13.5. The highest BCUT2D eigenvalue weighted by molar-refractivity contribution is 7.99. The molecule has 0 aliphatic heterocycles. The van der Waals surface area contributed by atoms with Crippen LogP contribution in [0.15, 0.2) is 4.90 Å². The molecule has 0 bridgehead atoms. The van der Waals surface area contributed by atoms with Crippen LogP contribution < -0.4 is 5.73 Å². The Morgan fingerprint density at radius 2 is 1.50 bits per heavy atom. The minimum atomic E-state index is -1.39. The van der Waals surface area contributed by atoms with Crippen molar-refractivity contribution in [3.05, 3.63) is 28.8 Å². The molecule has 102 valence electrons. The van der Waals surface area contributed by atoms with Crippen LogP contribution in [0.2, 0.25) is 0 Å². The van der Waals surface area contributed by atoms with Crippen LogP contribution in [0.3, 0.4) is 0 Å². The molecule has 1 nitrogen and oxygen atoms in total. The maximum Gasteiger partial charge on any atom is 0.175 e. The van der Waals surface area contributed by atoms with Gasteiger partial charge in [-0.25, -0.2) is 17.6 Å². The zero-order chi connectivity index (χ0) is 13.7. The van der Waals surface area contributed by atoms with Gasteiger partial charge in [0.05, 0.1) is 4.90 Å². The Kier molecular flexibility index (Phi) is 5.95. The number of rotatable bonds is 6. The van der Waals surface area contributed by atoms with Crippen molar-refractivity contribution in [1.29, 1.82) is 0 Å². The highest BCUT2D eigenvalue weighted by Gasteiger charge is 2.24. The van der Waals surface area contributed by atoms with Gasteiger partial charge in [0.15, 0.2) is 23.3 Å². The van der Waals surface area contributed by atoms with E-state index in [1.165, 1.54) is 0 Å². The Balaban J connectivity index is 2.98. The van der Waals surface area contributed by atoms with Gasteiger partial charge >= 0.3 is 0 Å². The van der Waals surface area contributed by atoms with E-state index >= 15 is 0 Å². The van der Waals surface area contributed by atoms with Crippen LogP contribution >= 0.6 is 11.8 Å². The molecule has 0 saturated heterocycles. The van der Waals surface area contributed by atoms with E-state index in [0.717, 1.165) is 31.0 Å². The normalized spacial score (nSPS) is 11.0. The fourth-order valence-corrected chi connectivity index (χ4v) is 2.47. The molecule has 0 atom stereocenters. The van der Waals surface area contributed by atoms with Gasteiger partial charge in [-0.2, -0.15) is 0 Å². The third kappa shape index (κ3) is 3.17. The Morgan fingerprint density at radius 1 is 0.944 bits per heavy atom. The van der Waals surface area contributed by atoms with Gasteiger partial charge in [0.25, 0.3) is 0 Å². The largest absolute Gasteiger partial charge is 0.326 e. The van der Waals surface area contributed by atoms with E-state index < -0.39 is 40.3 Å². The van der Waals surface area contributed by atoms with E-state index in [1.54, 1.807) is 0 Å². The molecule has 0 spiro atoms. The second-order valence-corrected chi connectivity index (χ2v) is 4.93. The van der Waals surface area contributed by atoms with E-state index in [1.807, 2.05) is 6.92 Å². The van der Waals surface area contributed by atoms with Gasteiger partial charge in [-0.15, -0.1) is 11.8 Å². The van der Waals surface area contributed by atoms with Gasteiger partial charge in [0.2, 0.25) is 0 Å². The van der Waals surface area contributed by atoms with Crippen molar-refractivity contribution in [2.24, 2.45) is 5.73 Å². The monoisotopic (exact) mass is 281 g/mol. The summed E-state index contributed by atoms with van der Waals surface area (Å²) in [5.41, 5.74) is 4.31. The number of nitrogens with two attached hydrogens (primary N) is 1. The first-order valence-corrected chi connectivity index (χ1v) is 6.70. The summed E-state index contributed by atoms with van der Waals surface area (Å²) >= 11 is 0.790. The summed E-state index contributed by atoms with van der Waals surface area (Å²) in [6.07, 6.45) is 2.60. The standard InChI is InChI=1S/C12H15F4NS/c1-2-3-4-5-18-12-10(15)8(13)7(6-17)9(14)11(12)16/h2-6,17H2,1H3. The molecule has 0 heterocycles. The van der Waals surface area contributed by atoms with E-state index in [4.69, 9.17) is 5.73 Å². The molecule has 0 aliphatic carbocycles. The Labute approximate surface area is 108 Å². The number of benzene rings is 1. The fourth-order valence-electron chi connectivity index (χ4n) is 1.49. The smallest absolute Gasteiger partial charge is 0.175 e. The Bertz CT molecular complexity index is 394. The van der Waals surface area contributed by atoms with Crippen molar-refractivity contribution in [2.75, 3.05) is 5.75 Å². The molecule has 0 aliphatic rings. The van der Waals surface area contributed by atoms with Crippen molar-refractivity contribution in [3.63, 3.8) is 0 Å². The van der Waals surface area contributed by atoms with E-state index in [2.05, 4.69) is 0 Å². The van der Waals surface area contributed by atoms with Gasteiger partial charge in [-0.1, -0.05) is 19.8 Å². The second kappa shape index (κ2) is 6.99. The predicted molar refractivity (Wildman–Crippen MR) is 64.4 cm³/mol. The molecule has 0 saturated carbocycles. The molecular weight excluding hydrogens is 266 g/mol. The van der Waals surface area contributed by atoms with Crippen LogP contribution in [0.5, 0.6) is 0 Å². The molecule has 2 N–H and O–H groups in total. The number of hydrogen-bond donors (Lipinski definition) is 1.